The van der Waals surface area contributed by atoms with Crippen LogP contribution in [0.4, 0.5) is 13.6 Å². The Kier molecular flexibility index (Phi) is 4.05. The third kappa shape index (κ3) is 4.27. The fourth-order valence-corrected chi connectivity index (χ4v) is 1.70. The van der Waals surface area contributed by atoms with E-state index in [-0.39, 0.29) is 12.8 Å². The van der Waals surface area contributed by atoms with Crippen molar-refractivity contribution in [3.8, 4) is 0 Å². The molecule has 0 unspecified atom stereocenters. The third-order valence-corrected chi connectivity index (χ3v) is 2.38. The van der Waals surface area contributed by atoms with Crippen LogP contribution in [0.3, 0.4) is 0 Å². The average Bonchev–Trinajstić information content (AvgIpc) is 2.13. The van der Waals surface area contributed by atoms with Gasteiger partial charge in [-0.05, 0) is 12.8 Å². The van der Waals surface area contributed by atoms with Crippen LogP contribution in [0.1, 0.15) is 25.7 Å². The molecule has 86 valence electrons. The van der Waals surface area contributed by atoms with Crippen LogP contribution in [-0.2, 0) is 0 Å². The van der Waals surface area contributed by atoms with Crippen molar-refractivity contribution in [3.05, 3.63) is 12.7 Å². The van der Waals surface area contributed by atoms with Crippen LogP contribution in [-0.4, -0.2) is 24.5 Å². The molecule has 15 heavy (non-hydrogen) atoms. The molecule has 1 fully saturated rings. The zero-order chi connectivity index (χ0) is 11.3. The molecule has 0 saturated heterocycles. The van der Waals surface area contributed by atoms with E-state index in [2.05, 4.69) is 17.2 Å². The van der Waals surface area contributed by atoms with Gasteiger partial charge in [-0.1, -0.05) is 6.08 Å². The van der Waals surface area contributed by atoms with Crippen molar-refractivity contribution in [3.63, 3.8) is 0 Å². The molecule has 0 heterocycles. The van der Waals surface area contributed by atoms with E-state index >= 15 is 0 Å². The standard InChI is InChI=1S/C10H16F2N2O/c1-2-6-13-9(15)14-8-4-3-5-10(11,12)7-8/h2,8H,1,3-7H2,(H2,13,14,15)/t8-/m0/s1. The highest BCUT2D eigenvalue weighted by Gasteiger charge is 2.36. The Morgan fingerprint density at radius 1 is 1.60 bits per heavy atom. The van der Waals surface area contributed by atoms with Crippen LogP contribution < -0.4 is 10.6 Å². The van der Waals surface area contributed by atoms with E-state index in [1.165, 1.54) is 6.08 Å². The van der Waals surface area contributed by atoms with Crippen LogP contribution >= 0.6 is 0 Å². The first-order chi connectivity index (χ1) is 7.03. The van der Waals surface area contributed by atoms with Gasteiger partial charge in [-0.15, -0.1) is 6.58 Å². The highest BCUT2D eigenvalue weighted by Crippen LogP contribution is 2.32. The molecule has 2 N–H and O–H groups in total. The Labute approximate surface area is 87.9 Å². The Balaban J connectivity index is 2.31. The van der Waals surface area contributed by atoms with Gasteiger partial charge in [-0.25, -0.2) is 13.6 Å². The van der Waals surface area contributed by atoms with Gasteiger partial charge in [0.25, 0.3) is 0 Å². The fourth-order valence-electron chi connectivity index (χ4n) is 1.70. The lowest BCUT2D eigenvalue weighted by molar-refractivity contribution is -0.0425. The third-order valence-electron chi connectivity index (χ3n) is 2.38. The van der Waals surface area contributed by atoms with Gasteiger partial charge in [0.2, 0.25) is 5.92 Å². The lowest BCUT2D eigenvalue weighted by atomic mass is 9.92. The van der Waals surface area contributed by atoms with E-state index in [1.807, 2.05) is 0 Å². The molecule has 1 rings (SSSR count). The molecule has 1 atom stereocenters. The maximum Gasteiger partial charge on any atom is 0.315 e. The lowest BCUT2D eigenvalue weighted by Gasteiger charge is -2.29. The molecule has 0 aromatic heterocycles. The summed E-state index contributed by atoms with van der Waals surface area (Å²) < 4.78 is 25.9. The van der Waals surface area contributed by atoms with Gasteiger partial charge in [0.1, 0.15) is 0 Å². The first-order valence-corrected chi connectivity index (χ1v) is 5.06. The molecule has 1 aliphatic carbocycles. The predicted octanol–water partition coefficient (Wildman–Crippen LogP) is 2.05. The Bertz CT molecular complexity index is 244. The van der Waals surface area contributed by atoms with Gasteiger partial charge in [-0.3, -0.25) is 0 Å². The van der Waals surface area contributed by atoms with Crippen LogP contribution in [0.15, 0.2) is 12.7 Å². The first kappa shape index (κ1) is 11.9. The van der Waals surface area contributed by atoms with Crippen molar-refractivity contribution in [1.29, 1.82) is 0 Å². The molecular weight excluding hydrogens is 202 g/mol. The smallest absolute Gasteiger partial charge is 0.315 e. The molecule has 0 radical (unpaired) electrons. The summed E-state index contributed by atoms with van der Waals surface area (Å²) >= 11 is 0. The summed E-state index contributed by atoms with van der Waals surface area (Å²) in [5.74, 6) is -2.63. The highest BCUT2D eigenvalue weighted by molar-refractivity contribution is 5.74. The molecule has 0 aliphatic heterocycles. The number of carbonyl (C=O) groups is 1. The summed E-state index contributed by atoms with van der Waals surface area (Å²) in [6, 6.07) is -0.823. The summed E-state index contributed by atoms with van der Waals surface area (Å²) in [6.45, 7) is 3.78. The maximum atomic E-state index is 13.0. The number of hydrogen-bond acceptors (Lipinski definition) is 1. The number of urea groups is 1. The summed E-state index contributed by atoms with van der Waals surface area (Å²) in [5.41, 5.74) is 0. The van der Waals surface area contributed by atoms with Crippen molar-refractivity contribution in [2.45, 2.75) is 37.6 Å². The maximum absolute atomic E-state index is 13.0. The van der Waals surface area contributed by atoms with Crippen molar-refractivity contribution in [2.75, 3.05) is 6.54 Å². The lowest BCUT2D eigenvalue weighted by Crippen LogP contribution is -2.46. The molecule has 1 saturated carbocycles. The van der Waals surface area contributed by atoms with Crippen LogP contribution in [0.25, 0.3) is 0 Å². The topological polar surface area (TPSA) is 41.1 Å². The van der Waals surface area contributed by atoms with Crippen LogP contribution in [0, 0.1) is 0 Å². The molecule has 3 nitrogen and oxygen atoms in total. The van der Waals surface area contributed by atoms with Crippen LogP contribution in [0.5, 0.6) is 0 Å². The second kappa shape index (κ2) is 5.09. The molecule has 0 aromatic carbocycles. The van der Waals surface area contributed by atoms with E-state index in [0.29, 0.717) is 19.4 Å². The molecule has 0 bridgehead atoms. The van der Waals surface area contributed by atoms with Gasteiger partial charge < -0.3 is 10.6 Å². The molecular formula is C10H16F2N2O. The Hall–Kier alpha value is -1.13. The number of hydrogen-bond donors (Lipinski definition) is 2. The van der Waals surface area contributed by atoms with Crippen molar-refractivity contribution in [1.82, 2.24) is 10.6 Å². The van der Waals surface area contributed by atoms with Gasteiger partial charge in [-0.2, -0.15) is 0 Å². The predicted molar refractivity (Wildman–Crippen MR) is 53.9 cm³/mol. The van der Waals surface area contributed by atoms with E-state index < -0.39 is 18.0 Å². The summed E-state index contributed by atoms with van der Waals surface area (Å²) in [4.78, 5) is 11.2. The van der Waals surface area contributed by atoms with Crippen molar-refractivity contribution >= 4 is 6.03 Å². The first-order valence-electron chi connectivity index (χ1n) is 5.06. The van der Waals surface area contributed by atoms with E-state index in [1.54, 1.807) is 0 Å². The Morgan fingerprint density at radius 3 is 2.93 bits per heavy atom. The number of halogens is 2. The van der Waals surface area contributed by atoms with E-state index in [0.717, 1.165) is 0 Å². The van der Waals surface area contributed by atoms with E-state index in [4.69, 9.17) is 0 Å². The summed E-state index contributed by atoms with van der Waals surface area (Å²) in [6.07, 6.45) is 2.29. The number of amides is 2. The number of alkyl halides is 2. The van der Waals surface area contributed by atoms with E-state index in [9.17, 15) is 13.6 Å². The SMILES string of the molecule is C=CCNC(=O)N[C@H]1CCCC(F)(F)C1. The normalized spacial score (nSPS) is 24.3. The number of rotatable bonds is 3. The highest BCUT2D eigenvalue weighted by atomic mass is 19.3. The van der Waals surface area contributed by atoms with Gasteiger partial charge in [0, 0.05) is 25.4 Å². The molecule has 1 aliphatic rings. The van der Waals surface area contributed by atoms with Crippen molar-refractivity contribution in [2.24, 2.45) is 0 Å². The minimum Gasteiger partial charge on any atom is -0.335 e. The average molecular weight is 218 g/mol. The second-order valence-electron chi connectivity index (χ2n) is 3.79. The minimum absolute atomic E-state index is 0.0700. The Morgan fingerprint density at radius 2 is 2.33 bits per heavy atom. The summed E-state index contributed by atoms with van der Waals surface area (Å²) in [5, 5.41) is 5.03. The minimum atomic E-state index is -2.63. The molecule has 2 amide bonds. The van der Waals surface area contributed by atoms with Gasteiger partial charge >= 0.3 is 6.03 Å². The monoisotopic (exact) mass is 218 g/mol. The van der Waals surface area contributed by atoms with Crippen LogP contribution in [0.2, 0.25) is 0 Å². The zero-order valence-corrected chi connectivity index (χ0v) is 8.56. The number of nitrogens with one attached hydrogen (secondary N) is 2. The van der Waals surface area contributed by atoms with Gasteiger partial charge in [0.15, 0.2) is 0 Å². The molecule has 0 aromatic rings. The fraction of sp³-hybridized carbons (Fsp3) is 0.700. The second-order valence-corrected chi connectivity index (χ2v) is 3.79. The van der Waals surface area contributed by atoms with Crippen molar-refractivity contribution < 1.29 is 13.6 Å². The molecule has 5 heteroatoms. The quantitative estimate of drug-likeness (QED) is 0.699. The number of carbonyl (C=O) groups excluding carboxylic acids is 1. The van der Waals surface area contributed by atoms with Gasteiger partial charge in [0.05, 0.1) is 0 Å². The zero-order valence-electron chi connectivity index (χ0n) is 8.56. The summed E-state index contributed by atoms with van der Waals surface area (Å²) in [7, 11) is 0. The molecule has 0 spiro atoms. The largest absolute Gasteiger partial charge is 0.335 e.